The molecule has 112 valence electrons. The summed E-state index contributed by atoms with van der Waals surface area (Å²) in [5, 5.41) is 24.9. The molecule has 7 heteroatoms. The van der Waals surface area contributed by atoms with Crippen LogP contribution in [0, 0.1) is 28.6 Å². The van der Waals surface area contributed by atoms with Gasteiger partial charge in [0, 0.05) is 32.5 Å². The highest BCUT2D eigenvalue weighted by Gasteiger charge is 2.26. The Morgan fingerprint density at radius 2 is 2.38 bits per heavy atom. The van der Waals surface area contributed by atoms with Gasteiger partial charge in [-0.3, -0.25) is 10.00 Å². The van der Waals surface area contributed by atoms with Gasteiger partial charge in [0.2, 0.25) is 0 Å². The van der Waals surface area contributed by atoms with Gasteiger partial charge in [0.05, 0.1) is 24.7 Å². The quantitative estimate of drug-likeness (QED) is 0.843. The van der Waals surface area contributed by atoms with Gasteiger partial charge in [0.15, 0.2) is 5.82 Å². The Kier molecular flexibility index (Phi) is 5.68. The Hall–Kier alpha value is -1.96. The minimum absolute atomic E-state index is 0.109. The normalized spacial score (nSPS) is 20.6. The molecule has 2 atom stereocenters. The van der Waals surface area contributed by atoms with Gasteiger partial charge < -0.3 is 4.74 Å². The van der Waals surface area contributed by atoms with Crippen LogP contribution in [-0.4, -0.2) is 46.3 Å². The van der Waals surface area contributed by atoms with E-state index >= 15 is 0 Å². The molecular formula is C14H20N6O. The number of nitrogens with zero attached hydrogens (tertiary/aromatic N) is 5. The average Bonchev–Trinajstić information content (AvgIpc) is 3.01. The minimum Gasteiger partial charge on any atom is -0.367 e. The van der Waals surface area contributed by atoms with Crippen molar-refractivity contribution in [2.24, 2.45) is 5.92 Å². The van der Waals surface area contributed by atoms with E-state index in [1.807, 2.05) is 6.92 Å². The zero-order chi connectivity index (χ0) is 15.1. The smallest absolute Gasteiger partial charge is 0.180 e. The first-order valence-corrected chi connectivity index (χ1v) is 7.28. The molecule has 1 saturated heterocycles. The van der Waals surface area contributed by atoms with Crippen LogP contribution in [0.15, 0.2) is 0 Å². The van der Waals surface area contributed by atoms with E-state index in [0.29, 0.717) is 38.4 Å². The summed E-state index contributed by atoms with van der Waals surface area (Å²) in [5.74, 6) is 1.43. The van der Waals surface area contributed by atoms with Crippen LogP contribution in [0.1, 0.15) is 37.5 Å². The lowest BCUT2D eigenvalue weighted by Crippen LogP contribution is -2.41. The van der Waals surface area contributed by atoms with Gasteiger partial charge in [-0.2, -0.15) is 15.6 Å². The van der Waals surface area contributed by atoms with Crippen LogP contribution in [-0.2, 0) is 11.2 Å². The second kappa shape index (κ2) is 7.72. The zero-order valence-electron chi connectivity index (χ0n) is 12.2. The monoisotopic (exact) mass is 288 g/mol. The summed E-state index contributed by atoms with van der Waals surface area (Å²) in [6.45, 7) is 4.78. The average molecular weight is 288 g/mol. The Labute approximate surface area is 124 Å². The standard InChI is InChI=1S/C14H20N6O/c1-2-13-17-14(19-18-13)12-10-20(6-7-21-12)9-11(8-16)4-3-5-15/h11-12H,2-4,6-7,9-10H2,1H3,(H,17,18,19)/t11-,12+/m1/s1. The highest BCUT2D eigenvalue weighted by Crippen LogP contribution is 2.20. The van der Waals surface area contributed by atoms with Gasteiger partial charge in [-0.15, -0.1) is 0 Å². The number of rotatable bonds is 6. The number of aryl methyl sites for hydroxylation is 1. The van der Waals surface area contributed by atoms with E-state index in [4.69, 9.17) is 15.3 Å². The van der Waals surface area contributed by atoms with Crippen molar-refractivity contribution in [3.63, 3.8) is 0 Å². The third-order valence-corrected chi connectivity index (χ3v) is 3.59. The van der Waals surface area contributed by atoms with E-state index in [2.05, 4.69) is 32.2 Å². The second-order valence-electron chi connectivity index (χ2n) is 5.14. The van der Waals surface area contributed by atoms with E-state index in [1.54, 1.807) is 0 Å². The summed E-state index contributed by atoms with van der Waals surface area (Å²) in [4.78, 5) is 6.61. The third kappa shape index (κ3) is 4.25. The fourth-order valence-electron chi connectivity index (χ4n) is 2.38. The van der Waals surface area contributed by atoms with Crippen molar-refractivity contribution < 1.29 is 4.74 Å². The SMILES string of the molecule is CCc1nc([C@@H]2CN(C[C@@H](C#N)CCC#N)CCO2)n[nH]1. The third-order valence-electron chi connectivity index (χ3n) is 3.59. The van der Waals surface area contributed by atoms with Crippen molar-refractivity contribution in [2.75, 3.05) is 26.2 Å². The van der Waals surface area contributed by atoms with E-state index in [0.717, 1.165) is 18.8 Å². The lowest BCUT2D eigenvalue weighted by Gasteiger charge is -2.32. The molecule has 21 heavy (non-hydrogen) atoms. The number of aromatic nitrogens is 3. The first kappa shape index (κ1) is 15.4. The van der Waals surface area contributed by atoms with Gasteiger partial charge in [-0.1, -0.05) is 6.92 Å². The van der Waals surface area contributed by atoms with Gasteiger partial charge in [-0.25, -0.2) is 4.98 Å². The zero-order valence-corrected chi connectivity index (χ0v) is 12.2. The summed E-state index contributed by atoms with van der Waals surface area (Å²) in [7, 11) is 0. The Bertz CT molecular complexity index is 528. The van der Waals surface area contributed by atoms with E-state index in [1.165, 1.54) is 0 Å². The van der Waals surface area contributed by atoms with Crippen LogP contribution in [0.5, 0.6) is 0 Å². The van der Waals surface area contributed by atoms with E-state index < -0.39 is 0 Å². The molecule has 1 aliphatic heterocycles. The number of morpholine rings is 1. The lowest BCUT2D eigenvalue weighted by atomic mass is 10.0. The summed E-state index contributed by atoms with van der Waals surface area (Å²) >= 11 is 0. The number of nitriles is 2. The number of nitrogens with one attached hydrogen (secondary N) is 1. The number of aromatic amines is 1. The molecule has 0 aromatic carbocycles. The van der Waals surface area contributed by atoms with Crippen LogP contribution < -0.4 is 0 Å². The molecule has 1 aromatic rings. The molecule has 0 amide bonds. The van der Waals surface area contributed by atoms with Crippen molar-refractivity contribution in [1.82, 2.24) is 20.1 Å². The molecule has 0 spiro atoms. The van der Waals surface area contributed by atoms with E-state index in [9.17, 15) is 0 Å². The highest BCUT2D eigenvalue weighted by atomic mass is 16.5. The van der Waals surface area contributed by atoms with Crippen molar-refractivity contribution in [1.29, 1.82) is 10.5 Å². The summed E-state index contributed by atoms with van der Waals surface area (Å²) < 4.78 is 5.73. The maximum atomic E-state index is 9.15. The largest absolute Gasteiger partial charge is 0.367 e. The summed E-state index contributed by atoms with van der Waals surface area (Å²) in [6.07, 6.45) is 1.71. The fourth-order valence-corrected chi connectivity index (χ4v) is 2.38. The van der Waals surface area contributed by atoms with Crippen molar-refractivity contribution >= 4 is 0 Å². The van der Waals surface area contributed by atoms with Crippen LogP contribution in [0.3, 0.4) is 0 Å². The molecule has 2 heterocycles. The van der Waals surface area contributed by atoms with Gasteiger partial charge in [0.25, 0.3) is 0 Å². The predicted molar refractivity (Wildman–Crippen MR) is 74.8 cm³/mol. The second-order valence-corrected chi connectivity index (χ2v) is 5.14. The molecule has 1 N–H and O–H groups in total. The van der Waals surface area contributed by atoms with Crippen molar-refractivity contribution in [3.05, 3.63) is 11.6 Å². The molecule has 0 unspecified atom stereocenters. The molecule has 2 rings (SSSR count). The Morgan fingerprint density at radius 3 is 3.05 bits per heavy atom. The maximum absolute atomic E-state index is 9.15. The molecule has 1 aliphatic rings. The molecule has 0 bridgehead atoms. The minimum atomic E-state index is -0.148. The lowest BCUT2D eigenvalue weighted by molar-refractivity contribution is -0.0369. The maximum Gasteiger partial charge on any atom is 0.180 e. The molecule has 1 fully saturated rings. The predicted octanol–water partition coefficient (Wildman–Crippen LogP) is 1.18. The van der Waals surface area contributed by atoms with Crippen LogP contribution in [0.25, 0.3) is 0 Å². The van der Waals surface area contributed by atoms with Crippen LogP contribution >= 0.6 is 0 Å². The molecule has 0 aliphatic carbocycles. The number of hydrogen-bond donors (Lipinski definition) is 1. The number of ether oxygens (including phenoxy) is 1. The van der Waals surface area contributed by atoms with Gasteiger partial charge >= 0.3 is 0 Å². The van der Waals surface area contributed by atoms with E-state index in [-0.39, 0.29) is 12.0 Å². The Morgan fingerprint density at radius 1 is 1.52 bits per heavy atom. The molecule has 0 radical (unpaired) electrons. The molecular weight excluding hydrogens is 268 g/mol. The number of H-pyrrole nitrogens is 1. The molecule has 7 nitrogen and oxygen atoms in total. The summed E-state index contributed by atoms with van der Waals surface area (Å²) in [5.41, 5.74) is 0. The molecule has 1 aromatic heterocycles. The first-order valence-electron chi connectivity index (χ1n) is 7.28. The number of hydrogen-bond acceptors (Lipinski definition) is 6. The van der Waals surface area contributed by atoms with Gasteiger partial charge in [0.1, 0.15) is 11.9 Å². The Balaban J connectivity index is 1.91. The topological polar surface area (TPSA) is 102 Å². The highest BCUT2D eigenvalue weighted by molar-refractivity contribution is 4.97. The van der Waals surface area contributed by atoms with Crippen LogP contribution in [0.4, 0.5) is 0 Å². The fraction of sp³-hybridized carbons (Fsp3) is 0.714. The summed E-state index contributed by atoms with van der Waals surface area (Å²) in [6, 6.07) is 4.38. The van der Waals surface area contributed by atoms with Crippen LogP contribution in [0.2, 0.25) is 0 Å². The van der Waals surface area contributed by atoms with Crippen molar-refractivity contribution in [2.45, 2.75) is 32.3 Å². The van der Waals surface area contributed by atoms with Gasteiger partial charge in [-0.05, 0) is 6.42 Å². The van der Waals surface area contributed by atoms with Crippen molar-refractivity contribution in [3.8, 4) is 12.1 Å². The molecule has 0 saturated carbocycles. The first-order chi connectivity index (χ1) is 10.3.